The van der Waals surface area contributed by atoms with Gasteiger partial charge in [0.25, 0.3) is 0 Å². The predicted octanol–water partition coefficient (Wildman–Crippen LogP) is 17.3. The molecule has 0 spiro atoms. The van der Waals surface area contributed by atoms with Crippen LogP contribution in [0.2, 0.25) is 0 Å². The molecule has 4 nitrogen and oxygen atoms in total. The third kappa shape index (κ3) is 8.37. The van der Waals surface area contributed by atoms with Crippen molar-refractivity contribution in [2.45, 2.75) is 30.8 Å². The molecule has 2 heterocycles. The van der Waals surface area contributed by atoms with E-state index in [1.165, 1.54) is 38.6 Å². The number of para-hydroxylation sites is 4. The highest BCUT2D eigenvalue weighted by Crippen LogP contribution is 2.44. The Morgan fingerprint density at radius 2 is 0.667 bits per heavy atom. The van der Waals surface area contributed by atoms with Gasteiger partial charge in [-0.25, -0.2) is 0 Å². The van der Waals surface area contributed by atoms with Gasteiger partial charge in [0.1, 0.15) is 0 Å². The SMILES string of the molecule is c1ccc(C2CC(c3ccccc3)NC(c3ccc(-c4ccc(-n5c6ccc(N(c7ccccc7)c7ccccc7)cc6c6cc(N(c7ccccc7)c7ccccc7)ccc65)cc4)cc3)C2)cc1. The van der Waals surface area contributed by atoms with Gasteiger partial charge in [-0.3, -0.25) is 0 Å². The Bertz CT molecular complexity index is 3180. The summed E-state index contributed by atoms with van der Waals surface area (Å²) in [7, 11) is 0. The van der Waals surface area contributed by atoms with Crippen LogP contribution in [0.5, 0.6) is 0 Å². The molecule has 0 radical (unpaired) electrons. The number of benzene rings is 10. The number of piperidine rings is 1. The van der Waals surface area contributed by atoms with Crippen LogP contribution in [-0.2, 0) is 0 Å². The van der Waals surface area contributed by atoms with Crippen LogP contribution in [0, 0.1) is 0 Å². The molecule has 1 aliphatic rings. The van der Waals surface area contributed by atoms with E-state index in [4.69, 9.17) is 0 Å². The fraction of sp³-hybridized carbons (Fsp3) is 0.0769. The molecule has 0 amide bonds. The van der Waals surface area contributed by atoms with Crippen molar-refractivity contribution in [1.82, 2.24) is 9.88 Å². The van der Waals surface area contributed by atoms with Gasteiger partial charge < -0.3 is 19.7 Å². The van der Waals surface area contributed by atoms with Gasteiger partial charge in [0.05, 0.1) is 11.0 Å². The van der Waals surface area contributed by atoms with Crippen LogP contribution in [0.25, 0.3) is 38.6 Å². The van der Waals surface area contributed by atoms with Gasteiger partial charge in [-0.2, -0.15) is 0 Å². The summed E-state index contributed by atoms with van der Waals surface area (Å²) >= 11 is 0. The summed E-state index contributed by atoms with van der Waals surface area (Å²) in [6.45, 7) is 0. The maximum atomic E-state index is 4.04. The number of hydrogen-bond acceptors (Lipinski definition) is 3. The lowest BCUT2D eigenvalue weighted by Gasteiger charge is -2.37. The molecule has 12 rings (SSSR count). The molecular formula is C65H52N4. The molecule has 1 saturated heterocycles. The van der Waals surface area contributed by atoms with E-state index in [9.17, 15) is 0 Å². The summed E-state index contributed by atoms with van der Waals surface area (Å²) in [6.07, 6.45) is 2.15. The fourth-order valence-corrected chi connectivity index (χ4v) is 10.7. The van der Waals surface area contributed by atoms with E-state index in [0.717, 1.165) is 63.7 Å². The van der Waals surface area contributed by atoms with Crippen molar-refractivity contribution in [2.75, 3.05) is 9.80 Å². The topological polar surface area (TPSA) is 23.4 Å². The van der Waals surface area contributed by atoms with E-state index in [0.29, 0.717) is 12.0 Å². The van der Waals surface area contributed by atoms with Crippen molar-refractivity contribution in [1.29, 1.82) is 0 Å². The third-order valence-corrected chi connectivity index (χ3v) is 14.0. The van der Waals surface area contributed by atoms with Crippen LogP contribution in [0.4, 0.5) is 34.1 Å². The highest BCUT2D eigenvalue weighted by atomic mass is 15.1. The van der Waals surface area contributed by atoms with E-state index < -0.39 is 0 Å². The maximum Gasteiger partial charge on any atom is 0.0542 e. The lowest BCUT2D eigenvalue weighted by molar-refractivity contribution is 0.296. The van der Waals surface area contributed by atoms with Gasteiger partial charge in [-0.05, 0) is 144 Å². The van der Waals surface area contributed by atoms with Crippen LogP contribution < -0.4 is 15.1 Å². The van der Waals surface area contributed by atoms with Crippen LogP contribution >= 0.6 is 0 Å². The molecule has 11 aromatic rings. The van der Waals surface area contributed by atoms with Gasteiger partial charge >= 0.3 is 0 Å². The first-order valence-corrected chi connectivity index (χ1v) is 24.2. The molecular weight excluding hydrogens is 837 g/mol. The first kappa shape index (κ1) is 42.0. The molecule has 332 valence electrons. The van der Waals surface area contributed by atoms with Crippen LogP contribution in [-0.4, -0.2) is 4.57 Å². The van der Waals surface area contributed by atoms with Crippen LogP contribution in [0.3, 0.4) is 0 Å². The van der Waals surface area contributed by atoms with E-state index >= 15 is 0 Å². The Labute approximate surface area is 405 Å². The average Bonchev–Trinajstić information content (AvgIpc) is 3.75. The zero-order valence-electron chi connectivity index (χ0n) is 38.4. The van der Waals surface area contributed by atoms with E-state index in [1.54, 1.807) is 0 Å². The molecule has 1 aromatic heterocycles. The second-order valence-electron chi connectivity index (χ2n) is 18.2. The lowest BCUT2D eigenvalue weighted by atomic mass is 9.79. The average molecular weight is 889 g/mol. The standard InChI is InChI=1S/C65H52N4/c1-7-19-47(20-8-1)52-43-62(50-21-9-2-10-22-50)66-63(44-52)51-33-31-48(32-34-51)49-35-37-57(38-36-49)69-64-41-39-58(67(53-23-11-3-12-24-53)54-25-13-4-14-26-54)45-60(64)61-46-59(40-42-65(61)69)68(55-27-15-5-16-28-55)56-29-17-6-18-30-56/h1-42,45-46,52,62-63,66H,43-44H2. The van der Waals surface area contributed by atoms with Gasteiger partial charge in [-0.15, -0.1) is 0 Å². The normalized spacial score (nSPS) is 15.8. The van der Waals surface area contributed by atoms with Crippen molar-refractivity contribution in [3.8, 4) is 16.8 Å². The number of anilines is 6. The number of hydrogen-bond donors (Lipinski definition) is 1. The summed E-state index contributed by atoms with van der Waals surface area (Å²) in [4.78, 5) is 4.70. The zero-order valence-corrected chi connectivity index (χ0v) is 38.4. The second-order valence-corrected chi connectivity index (χ2v) is 18.2. The highest BCUT2D eigenvalue weighted by Gasteiger charge is 2.31. The Hall–Kier alpha value is -8.44. The zero-order chi connectivity index (χ0) is 45.9. The molecule has 10 aromatic carbocycles. The van der Waals surface area contributed by atoms with Gasteiger partial charge in [0, 0.05) is 62.7 Å². The molecule has 1 aliphatic heterocycles. The maximum absolute atomic E-state index is 4.04. The lowest BCUT2D eigenvalue weighted by Crippen LogP contribution is -2.34. The fourth-order valence-electron chi connectivity index (χ4n) is 10.7. The molecule has 0 bridgehead atoms. The molecule has 4 heteroatoms. The molecule has 1 fully saturated rings. The first-order chi connectivity index (χ1) is 34.2. The number of fused-ring (bicyclic) bond motifs is 3. The van der Waals surface area contributed by atoms with E-state index in [-0.39, 0.29) is 6.04 Å². The quantitative estimate of drug-likeness (QED) is 0.140. The third-order valence-electron chi connectivity index (χ3n) is 14.0. The Morgan fingerprint density at radius 1 is 0.319 bits per heavy atom. The van der Waals surface area contributed by atoms with E-state index in [2.05, 4.69) is 287 Å². The van der Waals surface area contributed by atoms with Crippen molar-refractivity contribution in [3.63, 3.8) is 0 Å². The largest absolute Gasteiger partial charge is 0.310 e. The summed E-state index contributed by atoms with van der Waals surface area (Å²) < 4.78 is 2.43. The Morgan fingerprint density at radius 3 is 1.07 bits per heavy atom. The Kier molecular flexibility index (Phi) is 11.4. The second kappa shape index (κ2) is 18.7. The van der Waals surface area contributed by atoms with E-state index in [1.807, 2.05) is 0 Å². The molecule has 0 saturated carbocycles. The van der Waals surface area contributed by atoms with Crippen LogP contribution in [0.1, 0.15) is 47.5 Å². The molecule has 3 unspecified atom stereocenters. The van der Waals surface area contributed by atoms with Crippen molar-refractivity contribution in [2.24, 2.45) is 0 Å². The monoisotopic (exact) mass is 888 g/mol. The van der Waals surface area contributed by atoms with Crippen LogP contribution in [0.15, 0.2) is 267 Å². The van der Waals surface area contributed by atoms with Crippen molar-refractivity contribution >= 4 is 55.9 Å². The minimum absolute atomic E-state index is 0.252. The molecule has 69 heavy (non-hydrogen) atoms. The Balaban J connectivity index is 0.925. The van der Waals surface area contributed by atoms with Gasteiger partial charge in [-0.1, -0.05) is 170 Å². The summed E-state index contributed by atoms with van der Waals surface area (Å²) in [6, 6.07) is 97.4. The highest BCUT2D eigenvalue weighted by molar-refractivity contribution is 6.12. The minimum atomic E-state index is 0.252. The summed E-state index contributed by atoms with van der Waals surface area (Å²) in [5.41, 5.74) is 16.6. The first-order valence-electron chi connectivity index (χ1n) is 24.2. The summed E-state index contributed by atoms with van der Waals surface area (Å²) in [5, 5.41) is 6.41. The molecule has 1 N–H and O–H groups in total. The van der Waals surface area contributed by atoms with Crippen molar-refractivity contribution < 1.29 is 0 Å². The summed E-state index contributed by atoms with van der Waals surface area (Å²) in [5.74, 6) is 0.479. The number of rotatable bonds is 11. The predicted molar refractivity (Wildman–Crippen MR) is 289 cm³/mol. The van der Waals surface area contributed by atoms with Gasteiger partial charge in [0.2, 0.25) is 0 Å². The minimum Gasteiger partial charge on any atom is -0.310 e. The number of aromatic nitrogens is 1. The molecule has 0 aliphatic carbocycles. The molecule has 3 atom stereocenters. The van der Waals surface area contributed by atoms with Gasteiger partial charge in [0.15, 0.2) is 0 Å². The smallest absolute Gasteiger partial charge is 0.0542 e. The van der Waals surface area contributed by atoms with Crippen molar-refractivity contribution in [3.05, 3.63) is 284 Å². The number of nitrogens with zero attached hydrogens (tertiary/aromatic N) is 3. The number of nitrogens with one attached hydrogen (secondary N) is 1.